The summed E-state index contributed by atoms with van der Waals surface area (Å²) >= 11 is 0. The number of anilines is 1. The molecule has 0 aliphatic heterocycles. The van der Waals surface area contributed by atoms with E-state index in [2.05, 4.69) is 15.6 Å². The number of benzene rings is 1. The number of nitrogens with one attached hydrogen (secondary N) is 2. The van der Waals surface area contributed by atoms with Gasteiger partial charge >= 0.3 is 0 Å². The second-order valence-corrected chi connectivity index (χ2v) is 6.22. The van der Waals surface area contributed by atoms with Crippen LogP contribution in [0.2, 0.25) is 0 Å². The van der Waals surface area contributed by atoms with Crippen molar-refractivity contribution in [3.63, 3.8) is 0 Å². The van der Waals surface area contributed by atoms with Gasteiger partial charge < -0.3 is 10.6 Å². The van der Waals surface area contributed by atoms with Crippen LogP contribution in [0.15, 0.2) is 42.5 Å². The van der Waals surface area contributed by atoms with E-state index in [1.165, 1.54) is 6.07 Å². The van der Waals surface area contributed by atoms with Gasteiger partial charge in [0.15, 0.2) is 0 Å². The fourth-order valence-electron chi connectivity index (χ4n) is 1.97. The smallest absolute Gasteiger partial charge is 0.274 e. The molecule has 6 nitrogen and oxygen atoms in total. The largest absolute Gasteiger partial charge is 0.346 e. The monoisotopic (exact) mass is 322 g/mol. The second-order valence-electron chi connectivity index (χ2n) is 6.22. The lowest BCUT2D eigenvalue weighted by atomic mass is 10.1. The normalized spacial score (nSPS) is 10.6. The van der Waals surface area contributed by atoms with Gasteiger partial charge in [0, 0.05) is 5.54 Å². The van der Waals surface area contributed by atoms with Gasteiger partial charge in [-0.2, -0.15) is 5.26 Å². The molecule has 0 bridgehead atoms. The van der Waals surface area contributed by atoms with E-state index in [4.69, 9.17) is 5.26 Å². The van der Waals surface area contributed by atoms with Crippen molar-refractivity contribution in [1.82, 2.24) is 10.3 Å². The maximum absolute atomic E-state index is 12.3. The van der Waals surface area contributed by atoms with Crippen molar-refractivity contribution >= 4 is 17.5 Å². The Labute approximate surface area is 140 Å². The minimum absolute atomic E-state index is 0.101. The van der Waals surface area contributed by atoms with Crippen LogP contribution in [-0.4, -0.2) is 22.3 Å². The van der Waals surface area contributed by atoms with Crippen molar-refractivity contribution in [3.05, 3.63) is 59.4 Å². The molecule has 2 N–H and O–H groups in total. The maximum Gasteiger partial charge on any atom is 0.274 e. The van der Waals surface area contributed by atoms with E-state index in [1.54, 1.807) is 36.4 Å². The number of pyridine rings is 1. The average molecular weight is 322 g/mol. The van der Waals surface area contributed by atoms with Crippen LogP contribution in [-0.2, 0) is 0 Å². The molecule has 0 unspecified atom stereocenters. The Morgan fingerprint density at radius 3 is 2.25 bits per heavy atom. The van der Waals surface area contributed by atoms with Gasteiger partial charge in [-0.1, -0.05) is 18.2 Å². The van der Waals surface area contributed by atoms with E-state index < -0.39 is 11.4 Å². The highest BCUT2D eigenvalue weighted by Crippen LogP contribution is 2.14. The van der Waals surface area contributed by atoms with Crippen molar-refractivity contribution < 1.29 is 9.59 Å². The van der Waals surface area contributed by atoms with Crippen molar-refractivity contribution in [2.75, 3.05) is 5.32 Å². The van der Waals surface area contributed by atoms with Crippen LogP contribution in [0.1, 0.15) is 47.3 Å². The first-order valence-electron chi connectivity index (χ1n) is 7.40. The average Bonchev–Trinajstić information content (AvgIpc) is 2.54. The van der Waals surface area contributed by atoms with Gasteiger partial charge in [0.05, 0.1) is 11.3 Å². The zero-order chi connectivity index (χ0) is 17.7. The predicted molar refractivity (Wildman–Crippen MR) is 90.6 cm³/mol. The van der Waals surface area contributed by atoms with Crippen molar-refractivity contribution in [2.45, 2.75) is 26.3 Å². The summed E-state index contributed by atoms with van der Waals surface area (Å²) in [7, 11) is 0. The topological polar surface area (TPSA) is 94.9 Å². The van der Waals surface area contributed by atoms with Crippen LogP contribution in [0.3, 0.4) is 0 Å². The van der Waals surface area contributed by atoms with Gasteiger partial charge in [-0.15, -0.1) is 0 Å². The Morgan fingerprint density at radius 1 is 1.00 bits per heavy atom. The third-order valence-corrected chi connectivity index (χ3v) is 3.00. The molecule has 0 saturated heterocycles. The van der Waals surface area contributed by atoms with Gasteiger partial charge in [0.2, 0.25) is 0 Å². The molecule has 0 spiro atoms. The van der Waals surface area contributed by atoms with E-state index in [-0.39, 0.29) is 17.3 Å². The summed E-state index contributed by atoms with van der Waals surface area (Å²) < 4.78 is 0. The van der Waals surface area contributed by atoms with Gasteiger partial charge in [-0.25, -0.2) is 4.98 Å². The zero-order valence-corrected chi connectivity index (χ0v) is 13.8. The number of nitrogens with zero attached hydrogens (tertiary/aromatic N) is 2. The standard InChI is InChI=1S/C18H18N4O2/c1-18(2,3)22-17(24)15-10-6-9-14(20-15)16(23)21-13-8-5-4-7-12(13)11-19/h4-10H,1-3H3,(H,21,23)(H,22,24). The Kier molecular flexibility index (Phi) is 4.95. The summed E-state index contributed by atoms with van der Waals surface area (Å²) in [4.78, 5) is 28.6. The number of rotatable bonds is 3. The molecule has 24 heavy (non-hydrogen) atoms. The molecule has 0 radical (unpaired) electrons. The third-order valence-electron chi connectivity index (χ3n) is 3.00. The fourth-order valence-corrected chi connectivity index (χ4v) is 1.97. The van der Waals surface area contributed by atoms with Crippen LogP contribution in [0, 0.1) is 11.3 Å². The van der Waals surface area contributed by atoms with Gasteiger partial charge in [-0.05, 0) is 45.0 Å². The molecule has 122 valence electrons. The molecule has 0 atom stereocenters. The minimum atomic E-state index is -0.483. The number of carbonyl (C=O) groups excluding carboxylic acids is 2. The first kappa shape index (κ1) is 17.2. The number of carbonyl (C=O) groups is 2. The number of hydrogen-bond donors (Lipinski definition) is 2. The molecule has 2 rings (SSSR count). The highest BCUT2D eigenvalue weighted by molar-refractivity contribution is 6.04. The number of amides is 2. The summed E-state index contributed by atoms with van der Waals surface area (Å²) in [6, 6.07) is 13.3. The molecule has 1 aromatic carbocycles. The molecule has 0 aliphatic rings. The molecule has 0 aliphatic carbocycles. The summed E-state index contributed by atoms with van der Waals surface area (Å²) in [5.41, 5.74) is 0.613. The summed E-state index contributed by atoms with van der Waals surface area (Å²) in [6.07, 6.45) is 0. The summed E-state index contributed by atoms with van der Waals surface area (Å²) in [5, 5.41) is 14.5. The SMILES string of the molecule is CC(C)(C)NC(=O)c1cccc(C(=O)Nc2ccccc2C#N)n1. The fraction of sp³-hybridized carbons (Fsp3) is 0.222. The first-order chi connectivity index (χ1) is 11.3. The zero-order valence-electron chi connectivity index (χ0n) is 13.8. The van der Waals surface area contributed by atoms with Crippen LogP contribution in [0.5, 0.6) is 0 Å². The minimum Gasteiger partial charge on any atom is -0.346 e. The number of hydrogen-bond acceptors (Lipinski definition) is 4. The highest BCUT2D eigenvalue weighted by atomic mass is 16.2. The van der Waals surface area contributed by atoms with E-state index in [0.29, 0.717) is 11.3 Å². The molecule has 2 amide bonds. The van der Waals surface area contributed by atoms with Gasteiger partial charge in [-0.3, -0.25) is 9.59 Å². The Bertz CT molecular complexity index is 816. The number of para-hydroxylation sites is 1. The lowest BCUT2D eigenvalue weighted by molar-refractivity contribution is 0.0914. The second kappa shape index (κ2) is 6.92. The van der Waals surface area contributed by atoms with E-state index >= 15 is 0 Å². The third kappa shape index (κ3) is 4.40. The van der Waals surface area contributed by atoms with E-state index in [1.807, 2.05) is 26.8 Å². The predicted octanol–water partition coefficient (Wildman–Crippen LogP) is 2.73. The Hall–Kier alpha value is -3.20. The highest BCUT2D eigenvalue weighted by Gasteiger charge is 2.18. The maximum atomic E-state index is 12.3. The lowest BCUT2D eigenvalue weighted by Gasteiger charge is -2.20. The molecule has 0 fully saturated rings. The number of aromatic nitrogens is 1. The molecule has 1 aromatic heterocycles. The summed E-state index contributed by atoms with van der Waals surface area (Å²) in [5.74, 6) is -0.835. The summed E-state index contributed by atoms with van der Waals surface area (Å²) in [6.45, 7) is 5.58. The van der Waals surface area contributed by atoms with Gasteiger partial charge in [0.25, 0.3) is 11.8 Å². The van der Waals surface area contributed by atoms with Crippen LogP contribution >= 0.6 is 0 Å². The quantitative estimate of drug-likeness (QED) is 0.908. The Morgan fingerprint density at radius 2 is 1.62 bits per heavy atom. The van der Waals surface area contributed by atoms with Crippen LogP contribution < -0.4 is 10.6 Å². The van der Waals surface area contributed by atoms with Crippen LogP contribution in [0.4, 0.5) is 5.69 Å². The van der Waals surface area contributed by atoms with E-state index in [9.17, 15) is 9.59 Å². The lowest BCUT2D eigenvalue weighted by Crippen LogP contribution is -2.41. The Balaban J connectivity index is 2.21. The van der Waals surface area contributed by atoms with E-state index in [0.717, 1.165) is 0 Å². The van der Waals surface area contributed by atoms with Gasteiger partial charge in [0.1, 0.15) is 17.5 Å². The molecule has 1 heterocycles. The van der Waals surface area contributed by atoms with Crippen molar-refractivity contribution in [1.29, 1.82) is 5.26 Å². The molecule has 2 aromatic rings. The molecule has 6 heteroatoms. The molecular weight excluding hydrogens is 304 g/mol. The van der Waals surface area contributed by atoms with Crippen molar-refractivity contribution in [2.24, 2.45) is 0 Å². The molecular formula is C18H18N4O2. The van der Waals surface area contributed by atoms with Crippen molar-refractivity contribution in [3.8, 4) is 6.07 Å². The molecule has 0 saturated carbocycles. The first-order valence-corrected chi connectivity index (χ1v) is 7.40. The van der Waals surface area contributed by atoms with Crippen LogP contribution in [0.25, 0.3) is 0 Å². The number of nitriles is 1.